The van der Waals surface area contributed by atoms with Crippen LogP contribution in [-0.4, -0.2) is 34.5 Å². The fourth-order valence-electron chi connectivity index (χ4n) is 1.71. The van der Waals surface area contributed by atoms with Gasteiger partial charge in [0.25, 0.3) is 0 Å². The van der Waals surface area contributed by atoms with Gasteiger partial charge >= 0.3 is 5.97 Å². The molecule has 1 fully saturated rings. The number of carbonyl (C=O) groups is 2. The summed E-state index contributed by atoms with van der Waals surface area (Å²) >= 11 is 0. The Morgan fingerprint density at radius 2 is 1.94 bits per heavy atom. The first-order valence-electron chi connectivity index (χ1n) is 6.02. The molecular weight excluding hydrogens is 206 g/mol. The van der Waals surface area contributed by atoms with E-state index in [9.17, 15) is 9.59 Å². The van der Waals surface area contributed by atoms with Gasteiger partial charge in [0, 0.05) is 25.4 Å². The normalized spacial score (nSPS) is 15.2. The third kappa shape index (κ3) is 4.64. The van der Waals surface area contributed by atoms with Crippen LogP contribution in [0.25, 0.3) is 0 Å². The molecule has 1 amide bonds. The molecule has 0 radical (unpaired) electrons. The molecule has 0 unspecified atom stereocenters. The van der Waals surface area contributed by atoms with Crippen molar-refractivity contribution in [3.05, 3.63) is 0 Å². The summed E-state index contributed by atoms with van der Waals surface area (Å²) in [6.07, 6.45) is 3.34. The Balaban J connectivity index is 2.31. The molecule has 1 N–H and O–H groups in total. The van der Waals surface area contributed by atoms with E-state index < -0.39 is 5.97 Å². The van der Waals surface area contributed by atoms with Gasteiger partial charge in [0.05, 0.1) is 0 Å². The lowest BCUT2D eigenvalue weighted by molar-refractivity contribution is -0.137. The highest BCUT2D eigenvalue weighted by atomic mass is 16.4. The zero-order valence-corrected chi connectivity index (χ0v) is 10.1. The van der Waals surface area contributed by atoms with E-state index in [1.54, 1.807) is 0 Å². The average molecular weight is 227 g/mol. The Morgan fingerprint density at radius 3 is 2.38 bits per heavy atom. The monoisotopic (exact) mass is 227 g/mol. The number of amides is 1. The van der Waals surface area contributed by atoms with Crippen LogP contribution in [0.2, 0.25) is 0 Å². The van der Waals surface area contributed by atoms with Crippen LogP contribution >= 0.6 is 0 Å². The first-order valence-corrected chi connectivity index (χ1v) is 6.02. The molecule has 16 heavy (non-hydrogen) atoms. The van der Waals surface area contributed by atoms with Crippen molar-refractivity contribution in [1.82, 2.24) is 4.90 Å². The van der Waals surface area contributed by atoms with Gasteiger partial charge in [-0.2, -0.15) is 0 Å². The van der Waals surface area contributed by atoms with Crippen LogP contribution in [0.4, 0.5) is 0 Å². The molecule has 0 aromatic carbocycles. The van der Waals surface area contributed by atoms with Gasteiger partial charge in [-0.1, -0.05) is 0 Å². The lowest BCUT2D eigenvalue weighted by atomic mass is 10.2. The molecule has 1 aliphatic rings. The lowest BCUT2D eigenvalue weighted by Crippen LogP contribution is -2.38. The second kappa shape index (κ2) is 5.87. The topological polar surface area (TPSA) is 57.6 Å². The number of carbonyl (C=O) groups excluding carboxylic acids is 1. The average Bonchev–Trinajstić information content (AvgIpc) is 2.96. The van der Waals surface area contributed by atoms with E-state index in [1.165, 1.54) is 12.8 Å². The summed E-state index contributed by atoms with van der Waals surface area (Å²) in [5.41, 5.74) is 0. The van der Waals surface area contributed by atoms with Crippen LogP contribution in [0.5, 0.6) is 0 Å². The minimum atomic E-state index is -0.828. The first-order chi connectivity index (χ1) is 7.50. The molecule has 0 aliphatic heterocycles. The molecule has 4 nitrogen and oxygen atoms in total. The molecule has 0 aromatic heterocycles. The van der Waals surface area contributed by atoms with E-state index in [0.29, 0.717) is 18.8 Å². The predicted molar refractivity (Wildman–Crippen MR) is 61.1 cm³/mol. The van der Waals surface area contributed by atoms with Crippen LogP contribution in [0.15, 0.2) is 0 Å². The Hall–Kier alpha value is -1.06. The third-order valence-electron chi connectivity index (χ3n) is 2.88. The number of nitrogens with zero attached hydrogens (tertiary/aromatic N) is 1. The Labute approximate surface area is 96.6 Å². The van der Waals surface area contributed by atoms with Crippen molar-refractivity contribution >= 4 is 11.9 Å². The summed E-state index contributed by atoms with van der Waals surface area (Å²) in [6, 6.07) is 0.220. The second-order valence-electron chi connectivity index (χ2n) is 4.83. The molecule has 1 rings (SSSR count). The van der Waals surface area contributed by atoms with Crippen molar-refractivity contribution < 1.29 is 14.7 Å². The summed E-state index contributed by atoms with van der Waals surface area (Å²) in [7, 11) is 0. The van der Waals surface area contributed by atoms with Crippen LogP contribution in [0, 0.1) is 5.92 Å². The molecular formula is C12H21NO3. The minimum absolute atomic E-state index is 0.0844. The minimum Gasteiger partial charge on any atom is -0.481 e. The quantitative estimate of drug-likeness (QED) is 0.722. The highest BCUT2D eigenvalue weighted by Crippen LogP contribution is 2.30. The Kier molecular flexibility index (Phi) is 4.77. The van der Waals surface area contributed by atoms with Gasteiger partial charge in [0.2, 0.25) is 5.91 Å². The molecule has 0 saturated heterocycles. The van der Waals surface area contributed by atoms with E-state index in [0.717, 1.165) is 6.54 Å². The summed E-state index contributed by atoms with van der Waals surface area (Å²) in [4.78, 5) is 24.1. The van der Waals surface area contributed by atoms with Crippen LogP contribution in [0.3, 0.4) is 0 Å². The van der Waals surface area contributed by atoms with Crippen LogP contribution < -0.4 is 0 Å². The van der Waals surface area contributed by atoms with Crippen molar-refractivity contribution in [1.29, 1.82) is 0 Å². The number of rotatable bonds is 7. The standard InChI is InChI=1S/C12H21NO3/c1-9(2)13(8-10-6-7-10)11(14)4-3-5-12(15)16/h9-10H,3-8H2,1-2H3,(H,15,16). The van der Waals surface area contributed by atoms with Crippen LogP contribution in [-0.2, 0) is 9.59 Å². The smallest absolute Gasteiger partial charge is 0.303 e. The molecule has 0 aromatic rings. The van der Waals surface area contributed by atoms with Crippen LogP contribution in [0.1, 0.15) is 46.0 Å². The lowest BCUT2D eigenvalue weighted by Gasteiger charge is -2.26. The molecule has 0 spiro atoms. The molecule has 1 saturated carbocycles. The van der Waals surface area contributed by atoms with Crippen molar-refractivity contribution in [2.75, 3.05) is 6.54 Å². The van der Waals surface area contributed by atoms with E-state index in [2.05, 4.69) is 0 Å². The Morgan fingerprint density at radius 1 is 1.31 bits per heavy atom. The molecule has 0 heterocycles. The molecule has 1 aliphatic carbocycles. The van der Waals surface area contributed by atoms with Gasteiger partial charge < -0.3 is 10.0 Å². The zero-order chi connectivity index (χ0) is 12.1. The van der Waals surface area contributed by atoms with Gasteiger partial charge in [-0.25, -0.2) is 0 Å². The summed E-state index contributed by atoms with van der Waals surface area (Å²) < 4.78 is 0. The molecule has 0 atom stereocenters. The molecule has 92 valence electrons. The van der Waals surface area contributed by atoms with E-state index in [-0.39, 0.29) is 18.4 Å². The summed E-state index contributed by atoms with van der Waals surface area (Å²) in [6.45, 7) is 4.87. The zero-order valence-electron chi connectivity index (χ0n) is 10.1. The second-order valence-corrected chi connectivity index (χ2v) is 4.83. The number of carboxylic acid groups (broad SMARTS) is 1. The third-order valence-corrected chi connectivity index (χ3v) is 2.88. The molecule has 0 bridgehead atoms. The summed E-state index contributed by atoms with van der Waals surface area (Å²) in [5.74, 6) is -0.0416. The maximum Gasteiger partial charge on any atom is 0.303 e. The van der Waals surface area contributed by atoms with Crippen molar-refractivity contribution in [3.8, 4) is 0 Å². The number of hydrogen-bond donors (Lipinski definition) is 1. The fraction of sp³-hybridized carbons (Fsp3) is 0.833. The maximum atomic E-state index is 11.9. The number of carboxylic acids is 1. The first kappa shape index (κ1) is 13.0. The van der Waals surface area contributed by atoms with Gasteiger partial charge in [-0.15, -0.1) is 0 Å². The molecule has 4 heteroatoms. The van der Waals surface area contributed by atoms with Crippen molar-refractivity contribution in [2.45, 2.75) is 52.0 Å². The van der Waals surface area contributed by atoms with E-state index in [1.807, 2.05) is 18.7 Å². The van der Waals surface area contributed by atoms with Gasteiger partial charge in [0.15, 0.2) is 0 Å². The van der Waals surface area contributed by atoms with Gasteiger partial charge in [0.1, 0.15) is 0 Å². The SMILES string of the molecule is CC(C)N(CC1CC1)C(=O)CCCC(=O)O. The van der Waals surface area contributed by atoms with Gasteiger partial charge in [-0.3, -0.25) is 9.59 Å². The summed E-state index contributed by atoms with van der Waals surface area (Å²) in [5, 5.41) is 8.50. The van der Waals surface area contributed by atoms with Gasteiger partial charge in [-0.05, 0) is 39.0 Å². The van der Waals surface area contributed by atoms with E-state index in [4.69, 9.17) is 5.11 Å². The predicted octanol–water partition coefficient (Wildman–Crippen LogP) is 1.89. The van der Waals surface area contributed by atoms with Crippen molar-refractivity contribution in [2.24, 2.45) is 5.92 Å². The Bertz CT molecular complexity index is 259. The fourth-order valence-corrected chi connectivity index (χ4v) is 1.71. The highest BCUT2D eigenvalue weighted by molar-refractivity contribution is 5.77. The number of hydrogen-bond acceptors (Lipinski definition) is 2. The highest BCUT2D eigenvalue weighted by Gasteiger charge is 2.27. The number of aliphatic carboxylic acids is 1. The van der Waals surface area contributed by atoms with E-state index >= 15 is 0 Å². The van der Waals surface area contributed by atoms with Crippen molar-refractivity contribution in [3.63, 3.8) is 0 Å². The maximum absolute atomic E-state index is 11.9. The largest absolute Gasteiger partial charge is 0.481 e.